The SMILES string of the molecule is CCOC(=O)C1C=C(Cc2ccccc2)CN1S(=O)(=O)c1ccc(C)cc1. The molecule has 2 aromatic rings. The normalized spacial score (nSPS) is 17.6. The summed E-state index contributed by atoms with van der Waals surface area (Å²) < 4.78 is 32.6. The van der Waals surface area contributed by atoms with E-state index in [-0.39, 0.29) is 18.0 Å². The van der Waals surface area contributed by atoms with Crippen molar-refractivity contribution in [2.24, 2.45) is 0 Å². The summed E-state index contributed by atoms with van der Waals surface area (Å²) in [6.45, 7) is 3.98. The third-order valence-corrected chi connectivity index (χ3v) is 6.33. The van der Waals surface area contributed by atoms with Gasteiger partial charge in [-0.15, -0.1) is 0 Å². The van der Waals surface area contributed by atoms with Gasteiger partial charge in [-0.1, -0.05) is 59.7 Å². The van der Waals surface area contributed by atoms with Crippen LogP contribution in [-0.4, -0.2) is 37.9 Å². The van der Waals surface area contributed by atoms with Crippen molar-refractivity contribution in [2.75, 3.05) is 13.2 Å². The first kappa shape index (κ1) is 19.3. The van der Waals surface area contributed by atoms with E-state index in [4.69, 9.17) is 4.74 Å². The molecule has 1 atom stereocenters. The fourth-order valence-corrected chi connectivity index (χ4v) is 4.66. The lowest BCUT2D eigenvalue weighted by Crippen LogP contribution is -2.42. The summed E-state index contributed by atoms with van der Waals surface area (Å²) in [5, 5.41) is 0. The van der Waals surface area contributed by atoms with E-state index in [0.717, 1.165) is 16.7 Å². The van der Waals surface area contributed by atoms with Crippen LogP contribution in [0.4, 0.5) is 0 Å². The number of benzene rings is 2. The predicted molar refractivity (Wildman–Crippen MR) is 104 cm³/mol. The van der Waals surface area contributed by atoms with Crippen molar-refractivity contribution >= 4 is 16.0 Å². The number of ether oxygens (including phenoxy) is 1. The highest BCUT2D eigenvalue weighted by Crippen LogP contribution is 2.28. The minimum Gasteiger partial charge on any atom is -0.465 e. The van der Waals surface area contributed by atoms with E-state index in [1.165, 1.54) is 4.31 Å². The van der Waals surface area contributed by atoms with Gasteiger partial charge >= 0.3 is 5.97 Å². The van der Waals surface area contributed by atoms with Gasteiger partial charge in [-0.3, -0.25) is 0 Å². The zero-order chi connectivity index (χ0) is 19.4. The van der Waals surface area contributed by atoms with E-state index in [1.54, 1.807) is 37.3 Å². The Bertz CT molecular complexity index is 934. The molecule has 0 aliphatic carbocycles. The lowest BCUT2D eigenvalue weighted by molar-refractivity contribution is -0.145. The molecular formula is C21H23NO4S. The summed E-state index contributed by atoms with van der Waals surface area (Å²) in [6.07, 6.45) is 2.31. The van der Waals surface area contributed by atoms with Crippen LogP contribution in [0.2, 0.25) is 0 Å². The van der Waals surface area contributed by atoms with E-state index in [9.17, 15) is 13.2 Å². The minimum absolute atomic E-state index is 0.175. The largest absolute Gasteiger partial charge is 0.465 e. The Morgan fingerprint density at radius 1 is 1.11 bits per heavy atom. The standard InChI is InChI=1S/C21H23NO4S/c1-3-26-21(23)20-14-18(13-17-7-5-4-6-8-17)15-22(20)27(24,25)19-11-9-16(2)10-12-19/h4-12,14,20H,3,13,15H2,1-2H3. The number of esters is 1. The van der Waals surface area contributed by atoms with Crippen molar-refractivity contribution in [1.82, 2.24) is 4.31 Å². The Morgan fingerprint density at radius 2 is 1.78 bits per heavy atom. The maximum absolute atomic E-state index is 13.1. The molecule has 1 aliphatic heterocycles. The predicted octanol–water partition coefficient (Wildman–Crippen LogP) is 3.10. The van der Waals surface area contributed by atoms with Gasteiger partial charge in [-0.05, 0) is 38.0 Å². The van der Waals surface area contributed by atoms with Gasteiger partial charge in [0.15, 0.2) is 0 Å². The first-order valence-corrected chi connectivity index (χ1v) is 10.3. The second-order valence-electron chi connectivity index (χ2n) is 6.55. The summed E-state index contributed by atoms with van der Waals surface area (Å²) in [5.74, 6) is -0.545. The highest BCUT2D eigenvalue weighted by atomic mass is 32.2. The summed E-state index contributed by atoms with van der Waals surface area (Å²) in [5.41, 5.74) is 2.93. The molecule has 0 saturated heterocycles. The van der Waals surface area contributed by atoms with Crippen LogP contribution >= 0.6 is 0 Å². The maximum atomic E-state index is 13.1. The third-order valence-electron chi connectivity index (χ3n) is 4.49. The van der Waals surface area contributed by atoms with Crippen molar-refractivity contribution in [3.8, 4) is 0 Å². The van der Waals surface area contributed by atoms with Crippen molar-refractivity contribution in [1.29, 1.82) is 0 Å². The van der Waals surface area contributed by atoms with Gasteiger partial charge < -0.3 is 4.74 Å². The number of rotatable bonds is 6. The monoisotopic (exact) mass is 385 g/mol. The molecule has 142 valence electrons. The molecule has 0 radical (unpaired) electrons. The number of aryl methyl sites for hydroxylation is 1. The molecule has 0 saturated carbocycles. The van der Waals surface area contributed by atoms with Crippen LogP contribution in [0.15, 0.2) is 71.1 Å². The second kappa shape index (κ2) is 8.06. The number of carbonyl (C=O) groups excluding carboxylic acids is 1. The molecule has 27 heavy (non-hydrogen) atoms. The lowest BCUT2D eigenvalue weighted by atomic mass is 10.1. The summed E-state index contributed by atoms with van der Waals surface area (Å²) >= 11 is 0. The van der Waals surface area contributed by atoms with Gasteiger partial charge in [0.2, 0.25) is 10.0 Å². The van der Waals surface area contributed by atoms with Crippen LogP contribution in [0.3, 0.4) is 0 Å². The lowest BCUT2D eigenvalue weighted by Gasteiger charge is -2.23. The van der Waals surface area contributed by atoms with Crippen LogP contribution in [0.5, 0.6) is 0 Å². The smallest absolute Gasteiger partial charge is 0.328 e. The van der Waals surface area contributed by atoms with E-state index < -0.39 is 22.0 Å². The molecule has 0 aromatic heterocycles. The Morgan fingerprint density at radius 3 is 2.41 bits per heavy atom. The molecule has 0 spiro atoms. The Labute approximate surface area is 160 Å². The molecule has 1 aliphatic rings. The highest BCUT2D eigenvalue weighted by Gasteiger charge is 2.40. The number of carbonyl (C=O) groups is 1. The first-order valence-electron chi connectivity index (χ1n) is 8.90. The zero-order valence-corrected chi connectivity index (χ0v) is 16.3. The Kier molecular flexibility index (Phi) is 5.77. The molecule has 1 heterocycles. The summed E-state index contributed by atoms with van der Waals surface area (Å²) in [7, 11) is -3.81. The van der Waals surface area contributed by atoms with E-state index >= 15 is 0 Å². The fraction of sp³-hybridized carbons (Fsp3) is 0.286. The molecule has 6 heteroatoms. The second-order valence-corrected chi connectivity index (χ2v) is 8.44. The van der Waals surface area contributed by atoms with Crippen LogP contribution < -0.4 is 0 Å². The van der Waals surface area contributed by atoms with Gasteiger partial charge in [0, 0.05) is 6.54 Å². The quantitative estimate of drug-likeness (QED) is 0.566. The third kappa shape index (κ3) is 4.28. The molecule has 2 aromatic carbocycles. The van der Waals surface area contributed by atoms with Crippen molar-refractivity contribution in [3.05, 3.63) is 77.4 Å². The van der Waals surface area contributed by atoms with E-state index in [0.29, 0.717) is 6.42 Å². The van der Waals surface area contributed by atoms with Gasteiger partial charge in [0.05, 0.1) is 11.5 Å². The maximum Gasteiger partial charge on any atom is 0.328 e. The van der Waals surface area contributed by atoms with Crippen molar-refractivity contribution in [2.45, 2.75) is 31.2 Å². The van der Waals surface area contributed by atoms with E-state index in [1.807, 2.05) is 37.3 Å². The molecule has 0 N–H and O–H groups in total. The number of hydrogen-bond acceptors (Lipinski definition) is 4. The van der Waals surface area contributed by atoms with Gasteiger partial charge in [0.25, 0.3) is 0 Å². The van der Waals surface area contributed by atoms with Crippen LogP contribution in [0.25, 0.3) is 0 Å². The Hall–Kier alpha value is -2.44. The van der Waals surface area contributed by atoms with Gasteiger partial charge in [-0.25, -0.2) is 13.2 Å². The summed E-state index contributed by atoms with van der Waals surface area (Å²) in [6, 6.07) is 15.5. The van der Waals surface area contributed by atoms with Crippen LogP contribution in [0, 0.1) is 6.92 Å². The molecule has 0 amide bonds. The molecule has 1 unspecified atom stereocenters. The van der Waals surface area contributed by atoms with Crippen LogP contribution in [-0.2, 0) is 26.0 Å². The molecular weight excluding hydrogens is 362 g/mol. The topological polar surface area (TPSA) is 63.7 Å². The molecule has 5 nitrogen and oxygen atoms in total. The minimum atomic E-state index is -3.81. The zero-order valence-electron chi connectivity index (χ0n) is 15.5. The number of hydrogen-bond donors (Lipinski definition) is 0. The average Bonchev–Trinajstić information content (AvgIpc) is 3.08. The Balaban J connectivity index is 1.91. The number of sulfonamides is 1. The highest BCUT2D eigenvalue weighted by molar-refractivity contribution is 7.89. The molecule has 3 rings (SSSR count). The van der Waals surface area contributed by atoms with Gasteiger partial charge in [0.1, 0.15) is 6.04 Å². The molecule has 0 bridgehead atoms. The van der Waals surface area contributed by atoms with Crippen molar-refractivity contribution < 1.29 is 17.9 Å². The fourth-order valence-electron chi connectivity index (χ4n) is 3.12. The van der Waals surface area contributed by atoms with Crippen molar-refractivity contribution in [3.63, 3.8) is 0 Å². The van der Waals surface area contributed by atoms with E-state index in [2.05, 4.69) is 0 Å². The number of nitrogens with zero attached hydrogens (tertiary/aromatic N) is 1. The van der Waals surface area contributed by atoms with Crippen LogP contribution in [0.1, 0.15) is 18.1 Å². The van der Waals surface area contributed by atoms with Gasteiger partial charge in [-0.2, -0.15) is 4.31 Å². The first-order chi connectivity index (χ1) is 12.9. The summed E-state index contributed by atoms with van der Waals surface area (Å²) in [4.78, 5) is 12.6. The molecule has 0 fully saturated rings. The average molecular weight is 385 g/mol.